The van der Waals surface area contributed by atoms with Gasteiger partial charge in [-0.3, -0.25) is 14.4 Å². The summed E-state index contributed by atoms with van der Waals surface area (Å²) in [4.78, 5) is 38.2. The highest BCUT2D eigenvalue weighted by atomic mass is 16.6. The average Bonchev–Trinajstić information content (AvgIpc) is 3.39. The fraction of sp³-hybridized carbons (Fsp3) is 0.687. The lowest BCUT2D eigenvalue weighted by Crippen LogP contribution is -2.30. The van der Waals surface area contributed by atoms with Crippen molar-refractivity contribution in [3.63, 3.8) is 0 Å². The first-order valence-corrected chi connectivity index (χ1v) is 30.4. The third kappa shape index (κ3) is 58.8. The standard InChI is InChI=1S/C67H112O6/c1-4-7-10-13-16-19-22-24-26-28-30-31-32-33-34-35-37-38-40-42-45-48-51-54-57-60-66(69)72-63-64(62-71-65(68)59-56-53-50-47-44-21-18-15-12-9-6-3)73-67(70)61-58-55-52-49-46-43-41-39-36-29-27-25-23-20-17-14-11-8-5-2/h8,11,15,17-18,20,22,24-25,27-28,30,32-33,36,39,43,46,64H,4-7,9-10,12-14,16,19,21,23,26,29,31,34-35,37-38,40-42,44-45,47-63H2,1-3H3/b11-8-,18-15-,20-17-,24-22-,27-25-,30-28-,33-32-,39-36-,46-43-. The van der Waals surface area contributed by atoms with Gasteiger partial charge in [-0.25, -0.2) is 0 Å². The van der Waals surface area contributed by atoms with Crippen molar-refractivity contribution in [1.29, 1.82) is 0 Å². The highest BCUT2D eigenvalue weighted by molar-refractivity contribution is 5.71. The number of hydrogen-bond donors (Lipinski definition) is 0. The van der Waals surface area contributed by atoms with Crippen LogP contribution in [-0.4, -0.2) is 37.2 Å². The van der Waals surface area contributed by atoms with Crippen LogP contribution in [-0.2, 0) is 28.6 Å². The molecular weight excluding hydrogens is 901 g/mol. The van der Waals surface area contributed by atoms with Gasteiger partial charge in [0.25, 0.3) is 0 Å². The highest BCUT2D eigenvalue weighted by Crippen LogP contribution is 2.15. The molecule has 1 atom stereocenters. The van der Waals surface area contributed by atoms with Crippen LogP contribution in [0.2, 0.25) is 0 Å². The molecule has 0 aromatic heterocycles. The second-order valence-electron chi connectivity index (χ2n) is 19.9. The van der Waals surface area contributed by atoms with Crippen molar-refractivity contribution < 1.29 is 28.6 Å². The smallest absolute Gasteiger partial charge is 0.306 e. The van der Waals surface area contributed by atoms with Gasteiger partial charge in [0.1, 0.15) is 13.2 Å². The molecule has 0 bridgehead atoms. The van der Waals surface area contributed by atoms with E-state index >= 15 is 0 Å². The summed E-state index contributed by atoms with van der Waals surface area (Å²) in [6, 6.07) is 0. The van der Waals surface area contributed by atoms with E-state index in [2.05, 4.69) is 130 Å². The van der Waals surface area contributed by atoms with Crippen molar-refractivity contribution in [3.05, 3.63) is 109 Å². The van der Waals surface area contributed by atoms with Gasteiger partial charge in [0.15, 0.2) is 6.10 Å². The Kier molecular flexibility index (Phi) is 57.4. The topological polar surface area (TPSA) is 78.9 Å². The summed E-state index contributed by atoms with van der Waals surface area (Å²) in [6.45, 7) is 6.44. The van der Waals surface area contributed by atoms with Crippen LogP contribution < -0.4 is 0 Å². The molecule has 1 unspecified atom stereocenters. The van der Waals surface area contributed by atoms with E-state index in [1.165, 1.54) is 116 Å². The van der Waals surface area contributed by atoms with Crippen LogP contribution in [0.25, 0.3) is 0 Å². The van der Waals surface area contributed by atoms with Crippen LogP contribution in [0.1, 0.15) is 278 Å². The normalized spacial score (nSPS) is 12.9. The number of esters is 3. The maximum absolute atomic E-state index is 12.9. The number of unbranched alkanes of at least 4 members (excludes halogenated alkanes) is 25. The molecule has 6 nitrogen and oxygen atoms in total. The van der Waals surface area contributed by atoms with Crippen molar-refractivity contribution in [3.8, 4) is 0 Å². The van der Waals surface area contributed by atoms with Gasteiger partial charge >= 0.3 is 17.9 Å². The van der Waals surface area contributed by atoms with Crippen LogP contribution in [0, 0.1) is 0 Å². The summed E-state index contributed by atoms with van der Waals surface area (Å²) in [7, 11) is 0. The van der Waals surface area contributed by atoms with Crippen LogP contribution in [0.3, 0.4) is 0 Å². The zero-order valence-electron chi connectivity index (χ0n) is 47.6. The van der Waals surface area contributed by atoms with E-state index in [4.69, 9.17) is 14.2 Å². The monoisotopic (exact) mass is 1010 g/mol. The molecule has 0 amide bonds. The molecule has 0 spiro atoms. The summed E-state index contributed by atoms with van der Waals surface area (Å²) in [5.41, 5.74) is 0. The molecule has 0 radical (unpaired) electrons. The van der Waals surface area contributed by atoms with Crippen LogP contribution in [0.5, 0.6) is 0 Å². The van der Waals surface area contributed by atoms with Crippen molar-refractivity contribution in [2.24, 2.45) is 0 Å². The van der Waals surface area contributed by atoms with Gasteiger partial charge in [0.2, 0.25) is 0 Å². The van der Waals surface area contributed by atoms with Gasteiger partial charge in [-0.1, -0.05) is 246 Å². The Morgan fingerprint density at radius 2 is 0.548 bits per heavy atom. The molecule has 0 aliphatic heterocycles. The molecule has 0 aliphatic rings. The summed E-state index contributed by atoms with van der Waals surface area (Å²) < 4.78 is 16.8. The minimum atomic E-state index is -0.803. The quantitative estimate of drug-likeness (QED) is 0.0261. The molecule has 0 N–H and O–H groups in total. The molecule has 0 saturated carbocycles. The molecule has 0 rings (SSSR count). The number of carbonyl (C=O) groups excluding carboxylic acids is 3. The third-order valence-electron chi connectivity index (χ3n) is 12.7. The van der Waals surface area contributed by atoms with Gasteiger partial charge in [0.05, 0.1) is 0 Å². The third-order valence-corrected chi connectivity index (χ3v) is 12.7. The van der Waals surface area contributed by atoms with Crippen LogP contribution in [0.15, 0.2) is 109 Å². The van der Waals surface area contributed by atoms with Crippen molar-refractivity contribution in [2.45, 2.75) is 284 Å². The zero-order valence-corrected chi connectivity index (χ0v) is 47.6. The Bertz CT molecular complexity index is 1490. The molecule has 416 valence electrons. The lowest BCUT2D eigenvalue weighted by Gasteiger charge is -2.18. The Morgan fingerprint density at radius 3 is 0.904 bits per heavy atom. The van der Waals surface area contributed by atoms with E-state index in [1.807, 2.05) is 0 Å². The largest absolute Gasteiger partial charge is 0.462 e. The van der Waals surface area contributed by atoms with E-state index in [-0.39, 0.29) is 37.5 Å². The highest BCUT2D eigenvalue weighted by Gasteiger charge is 2.19. The first kappa shape index (κ1) is 69.1. The van der Waals surface area contributed by atoms with Crippen molar-refractivity contribution in [1.82, 2.24) is 0 Å². The summed E-state index contributed by atoms with van der Waals surface area (Å²) >= 11 is 0. The molecular formula is C67H112O6. The maximum atomic E-state index is 12.9. The fourth-order valence-corrected chi connectivity index (χ4v) is 8.16. The van der Waals surface area contributed by atoms with Crippen molar-refractivity contribution >= 4 is 17.9 Å². The Hall–Kier alpha value is -3.93. The number of carbonyl (C=O) groups is 3. The van der Waals surface area contributed by atoms with E-state index in [0.29, 0.717) is 12.8 Å². The summed E-state index contributed by atoms with van der Waals surface area (Å²) in [5.74, 6) is -0.942. The number of ether oxygens (including phenoxy) is 3. The molecule has 0 aliphatic carbocycles. The molecule has 0 saturated heterocycles. The molecule has 73 heavy (non-hydrogen) atoms. The van der Waals surface area contributed by atoms with E-state index in [0.717, 1.165) is 122 Å². The SMILES string of the molecule is CC/C=C\C/C=C\C/C=C\C/C=C\C/C=C\CCCCCC(=O)OC(COC(=O)CCCCCCC/C=C\CCCC)COC(=O)CCCCCCCCCCCC/C=C\C/C=C\C/C=C\CCCCCCC. The Morgan fingerprint density at radius 1 is 0.288 bits per heavy atom. The zero-order chi connectivity index (χ0) is 52.9. The molecule has 0 aromatic rings. The van der Waals surface area contributed by atoms with Gasteiger partial charge in [-0.2, -0.15) is 0 Å². The lowest BCUT2D eigenvalue weighted by atomic mass is 10.1. The van der Waals surface area contributed by atoms with E-state index in [1.54, 1.807) is 0 Å². The minimum Gasteiger partial charge on any atom is -0.462 e. The van der Waals surface area contributed by atoms with E-state index in [9.17, 15) is 14.4 Å². The predicted octanol–water partition coefficient (Wildman–Crippen LogP) is 20.7. The first-order chi connectivity index (χ1) is 36.0. The molecule has 0 fully saturated rings. The van der Waals surface area contributed by atoms with Gasteiger partial charge < -0.3 is 14.2 Å². The van der Waals surface area contributed by atoms with E-state index < -0.39 is 6.10 Å². The average molecular weight is 1010 g/mol. The molecule has 6 heteroatoms. The second kappa shape index (κ2) is 60.6. The van der Waals surface area contributed by atoms with Crippen molar-refractivity contribution in [2.75, 3.05) is 13.2 Å². The number of allylic oxidation sites excluding steroid dienone is 18. The summed E-state index contributed by atoms with van der Waals surface area (Å²) in [6.07, 6.45) is 82.3. The molecule has 0 heterocycles. The first-order valence-electron chi connectivity index (χ1n) is 30.4. The lowest BCUT2D eigenvalue weighted by molar-refractivity contribution is -0.167. The minimum absolute atomic E-state index is 0.0973. The summed E-state index contributed by atoms with van der Waals surface area (Å²) in [5, 5.41) is 0. The van der Waals surface area contributed by atoms with Gasteiger partial charge in [-0.15, -0.1) is 0 Å². The van der Waals surface area contributed by atoms with Crippen LogP contribution in [0.4, 0.5) is 0 Å². The van der Waals surface area contributed by atoms with Gasteiger partial charge in [0, 0.05) is 19.3 Å². The maximum Gasteiger partial charge on any atom is 0.306 e. The fourth-order valence-electron chi connectivity index (χ4n) is 8.16. The van der Waals surface area contributed by atoms with Gasteiger partial charge in [-0.05, 0) is 122 Å². The Labute approximate surface area is 450 Å². The number of rotatable bonds is 54. The number of hydrogen-bond acceptors (Lipinski definition) is 6. The Balaban J connectivity index is 4.36. The predicted molar refractivity (Wildman–Crippen MR) is 316 cm³/mol. The second-order valence-corrected chi connectivity index (χ2v) is 19.9. The molecule has 0 aromatic carbocycles. The van der Waals surface area contributed by atoms with Crippen LogP contribution >= 0.6 is 0 Å².